The minimum Gasteiger partial charge on any atom is -0.379 e. The fraction of sp³-hybridized carbons (Fsp3) is 0.444. The van der Waals surface area contributed by atoms with Crippen molar-refractivity contribution in [2.24, 2.45) is 5.73 Å². The van der Waals surface area contributed by atoms with E-state index in [2.05, 4.69) is 4.98 Å². The summed E-state index contributed by atoms with van der Waals surface area (Å²) in [5, 5.41) is 9.69. The standard InChI is InChI=1S/C18H21F3N4O2.2ClH/c19-18(20,21)17(27)6-7-25(11-17)16(26)15(22)8-14-10-24(12-23-14)9-13-4-2-1-3-5-13;;/h1-5,10,12,15,27H,6-9,11,22H2;2*1H/t15-,17?;;/m0../s1. The molecule has 11 heteroatoms. The Bertz CT molecular complexity index is 804. The van der Waals surface area contributed by atoms with Crippen molar-refractivity contribution in [2.45, 2.75) is 37.2 Å². The number of alkyl halides is 3. The zero-order valence-corrected chi connectivity index (χ0v) is 17.0. The molecule has 1 amide bonds. The summed E-state index contributed by atoms with van der Waals surface area (Å²) in [6, 6.07) is 8.72. The number of benzene rings is 1. The van der Waals surface area contributed by atoms with Crippen LogP contribution in [0.5, 0.6) is 0 Å². The van der Waals surface area contributed by atoms with Gasteiger partial charge >= 0.3 is 6.18 Å². The lowest BCUT2D eigenvalue weighted by Gasteiger charge is -2.26. The molecule has 2 heterocycles. The molecule has 162 valence electrons. The van der Waals surface area contributed by atoms with Crippen molar-refractivity contribution in [3.8, 4) is 0 Å². The van der Waals surface area contributed by atoms with Crippen molar-refractivity contribution < 1.29 is 23.1 Å². The Kier molecular flexibility index (Phi) is 8.52. The van der Waals surface area contributed by atoms with Crippen LogP contribution in [0.3, 0.4) is 0 Å². The van der Waals surface area contributed by atoms with Crippen molar-refractivity contribution in [3.05, 3.63) is 54.1 Å². The third-order valence-electron chi connectivity index (χ3n) is 4.73. The summed E-state index contributed by atoms with van der Waals surface area (Å²) in [5.41, 5.74) is 4.69. The monoisotopic (exact) mass is 454 g/mol. The van der Waals surface area contributed by atoms with Crippen LogP contribution in [0.4, 0.5) is 13.2 Å². The first kappa shape index (κ1) is 25.2. The van der Waals surface area contributed by atoms with Crippen LogP contribution in [0.25, 0.3) is 0 Å². The van der Waals surface area contributed by atoms with E-state index in [1.165, 1.54) is 0 Å². The third kappa shape index (κ3) is 5.85. The van der Waals surface area contributed by atoms with E-state index in [1.54, 1.807) is 12.5 Å². The van der Waals surface area contributed by atoms with Crippen LogP contribution >= 0.6 is 24.8 Å². The lowest BCUT2D eigenvalue weighted by atomic mass is 10.0. The topological polar surface area (TPSA) is 84.4 Å². The van der Waals surface area contributed by atoms with Crippen LogP contribution in [0.1, 0.15) is 17.7 Å². The molecule has 2 atom stereocenters. The van der Waals surface area contributed by atoms with Gasteiger partial charge in [-0.25, -0.2) is 4.98 Å². The Morgan fingerprint density at radius 3 is 2.52 bits per heavy atom. The molecule has 2 aromatic rings. The van der Waals surface area contributed by atoms with E-state index in [1.807, 2.05) is 34.9 Å². The van der Waals surface area contributed by atoms with Gasteiger partial charge in [-0.15, -0.1) is 24.8 Å². The van der Waals surface area contributed by atoms with Gasteiger partial charge in [0.05, 0.1) is 24.6 Å². The Hall–Kier alpha value is -1.81. The fourth-order valence-corrected chi connectivity index (χ4v) is 3.15. The number of nitrogens with two attached hydrogens (primary N) is 1. The molecule has 1 fully saturated rings. The maximum absolute atomic E-state index is 12.9. The van der Waals surface area contributed by atoms with Gasteiger partial charge < -0.3 is 20.3 Å². The molecule has 29 heavy (non-hydrogen) atoms. The van der Waals surface area contributed by atoms with E-state index in [0.717, 1.165) is 10.5 Å². The summed E-state index contributed by atoms with van der Waals surface area (Å²) in [4.78, 5) is 17.5. The van der Waals surface area contributed by atoms with Gasteiger partial charge in [0, 0.05) is 32.1 Å². The molecule has 0 bridgehead atoms. The molecular formula is C18H23Cl2F3N4O2. The number of amides is 1. The minimum atomic E-state index is -4.78. The van der Waals surface area contributed by atoms with E-state index in [-0.39, 0.29) is 37.8 Å². The Morgan fingerprint density at radius 2 is 1.93 bits per heavy atom. The second-order valence-electron chi connectivity index (χ2n) is 6.87. The van der Waals surface area contributed by atoms with E-state index in [4.69, 9.17) is 5.73 Å². The number of carbonyl (C=O) groups excluding carboxylic acids is 1. The molecular weight excluding hydrogens is 432 g/mol. The highest BCUT2D eigenvalue weighted by molar-refractivity contribution is 5.85. The number of halogens is 5. The second kappa shape index (κ2) is 9.80. The van der Waals surface area contributed by atoms with Gasteiger partial charge in [0.15, 0.2) is 5.60 Å². The Labute approximate surface area is 178 Å². The van der Waals surface area contributed by atoms with Crippen LogP contribution in [-0.4, -0.2) is 56.4 Å². The normalized spacial score (nSPS) is 20.0. The molecule has 3 N–H and O–H groups in total. The lowest BCUT2D eigenvalue weighted by Crippen LogP contribution is -2.50. The summed E-state index contributed by atoms with van der Waals surface area (Å²) >= 11 is 0. The number of β-amino-alcohol motifs (C(OH)–C–C–N with tert-alkyl or cyclic N) is 1. The van der Waals surface area contributed by atoms with Gasteiger partial charge in [0.25, 0.3) is 0 Å². The molecule has 0 aliphatic carbocycles. The van der Waals surface area contributed by atoms with Gasteiger partial charge in [0.2, 0.25) is 5.91 Å². The quantitative estimate of drug-likeness (QED) is 0.724. The number of rotatable bonds is 5. The largest absolute Gasteiger partial charge is 0.419 e. The Balaban J connectivity index is 0.00000210. The smallest absolute Gasteiger partial charge is 0.379 e. The molecule has 1 aromatic heterocycles. The van der Waals surface area contributed by atoms with Gasteiger partial charge in [-0.05, 0) is 5.56 Å². The fourth-order valence-electron chi connectivity index (χ4n) is 3.15. The predicted octanol–water partition coefficient (Wildman–Crippen LogP) is 2.17. The van der Waals surface area contributed by atoms with E-state index in [0.29, 0.717) is 12.2 Å². The zero-order chi connectivity index (χ0) is 19.7. The van der Waals surface area contributed by atoms with Crippen LogP contribution < -0.4 is 5.73 Å². The van der Waals surface area contributed by atoms with Gasteiger partial charge in [-0.3, -0.25) is 4.79 Å². The third-order valence-corrected chi connectivity index (χ3v) is 4.73. The van der Waals surface area contributed by atoms with Crippen LogP contribution in [0.2, 0.25) is 0 Å². The van der Waals surface area contributed by atoms with Crippen molar-refractivity contribution >= 4 is 30.7 Å². The van der Waals surface area contributed by atoms with Gasteiger partial charge in [-0.2, -0.15) is 13.2 Å². The number of hydrogen-bond acceptors (Lipinski definition) is 4. The molecule has 1 aromatic carbocycles. The van der Waals surface area contributed by atoms with Gasteiger partial charge in [-0.1, -0.05) is 30.3 Å². The number of imidazole rings is 1. The van der Waals surface area contributed by atoms with Crippen molar-refractivity contribution in [1.29, 1.82) is 0 Å². The second-order valence-corrected chi connectivity index (χ2v) is 6.87. The predicted molar refractivity (Wildman–Crippen MR) is 106 cm³/mol. The van der Waals surface area contributed by atoms with Crippen molar-refractivity contribution in [1.82, 2.24) is 14.5 Å². The van der Waals surface area contributed by atoms with Crippen LogP contribution in [0, 0.1) is 0 Å². The minimum absolute atomic E-state index is 0. The number of nitrogens with zero attached hydrogens (tertiary/aromatic N) is 3. The molecule has 0 saturated carbocycles. The Morgan fingerprint density at radius 1 is 1.28 bits per heavy atom. The molecule has 1 saturated heterocycles. The SMILES string of the molecule is Cl.Cl.N[C@@H](Cc1cn(Cc2ccccc2)cn1)C(=O)N1CCC(O)(C(F)(F)F)C1. The summed E-state index contributed by atoms with van der Waals surface area (Å²) in [6.07, 6.45) is -1.82. The van der Waals surface area contributed by atoms with Crippen molar-refractivity contribution in [2.75, 3.05) is 13.1 Å². The molecule has 6 nitrogen and oxygen atoms in total. The first-order valence-electron chi connectivity index (χ1n) is 8.56. The molecule has 1 aliphatic heterocycles. The highest BCUT2D eigenvalue weighted by Crippen LogP contribution is 2.37. The average molecular weight is 455 g/mol. The molecule has 1 aliphatic rings. The number of likely N-dealkylation sites (tertiary alicyclic amines) is 1. The summed E-state index contributed by atoms with van der Waals surface area (Å²) in [5.74, 6) is -0.618. The number of aromatic nitrogens is 2. The lowest BCUT2D eigenvalue weighted by molar-refractivity contribution is -0.253. The molecule has 1 unspecified atom stereocenters. The van der Waals surface area contributed by atoms with Crippen LogP contribution in [-0.2, 0) is 17.8 Å². The summed E-state index contributed by atoms with van der Waals surface area (Å²) in [7, 11) is 0. The molecule has 0 radical (unpaired) electrons. The van der Waals surface area contributed by atoms with Gasteiger partial charge in [0.1, 0.15) is 0 Å². The first-order valence-corrected chi connectivity index (χ1v) is 8.56. The highest BCUT2D eigenvalue weighted by atomic mass is 35.5. The highest BCUT2D eigenvalue weighted by Gasteiger charge is 2.58. The first-order chi connectivity index (χ1) is 12.7. The number of carbonyl (C=O) groups is 1. The van der Waals surface area contributed by atoms with E-state index >= 15 is 0 Å². The summed E-state index contributed by atoms with van der Waals surface area (Å²) < 4.78 is 40.5. The zero-order valence-electron chi connectivity index (χ0n) is 15.4. The summed E-state index contributed by atoms with van der Waals surface area (Å²) in [6.45, 7) is -0.349. The van der Waals surface area contributed by atoms with E-state index < -0.39 is 36.7 Å². The van der Waals surface area contributed by atoms with E-state index in [9.17, 15) is 23.1 Å². The van der Waals surface area contributed by atoms with Crippen LogP contribution in [0.15, 0.2) is 42.9 Å². The maximum atomic E-state index is 12.9. The maximum Gasteiger partial charge on any atom is 0.419 e. The number of hydrogen-bond donors (Lipinski definition) is 2. The average Bonchev–Trinajstić information content (AvgIpc) is 3.22. The molecule has 0 spiro atoms. The van der Waals surface area contributed by atoms with Crippen molar-refractivity contribution in [3.63, 3.8) is 0 Å². The number of aliphatic hydroxyl groups is 1. The molecule has 3 rings (SSSR count).